The molecule has 4 heteroatoms. The fourth-order valence-electron chi connectivity index (χ4n) is 3.32. The smallest absolute Gasteiger partial charge is 0.413 e. The minimum Gasteiger partial charge on any atom is -0.438 e. The second-order valence-corrected chi connectivity index (χ2v) is 6.45. The van der Waals surface area contributed by atoms with Crippen molar-refractivity contribution in [1.29, 1.82) is 0 Å². The summed E-state index contributed by atoms with van der Waals surface area (Å²) in [6.45, 7) is 7.48. The lowest BCUT2D eigenvalue weighted by Gasteiger charge is -2.45. The Hall–Kier alpha value is -0.770. The Morgan fingerprint density at radius 3 is 2.18 bits per heavy atom. The second kappa shape index (κ2) is 3.61. The molecule has 2 fully saturated rings. The fourth-order valence-corrected chi connectivity index (χ4v) is 3.32. The molecule has 98 valence electrons. The Morgan fingerprint density at radius 2 is 1.76 bits per heavy atom. The van der Waals surface area contributed by atoms with Crippen LogP contribution in [0.1, 0.15) is 59.8 Å². The minimum atomic E-state index is -1.21. The summed E-state index contributed by atoms with van der Waals surface area (Å²) in [6, 6.07) is 0. The maximum atomic E-state index is 12.1. The van der Waals surface area contributed by atoms with E-state index < -0.39 is 16.9 Å². The van der Waals surface area contributed by atoms with Gasteiger partial charge in [0, 0.05) is 5.54 Å². The summed E-state index contributed by atoms with van der Waals surface area (Å²) in [7, 11) is 0. The quantitative estimate of drug-likeness (QED) is 0.709. The molecule has 2 aliphatic rings. The predicted molar refractivity (Wildman–Crippen MR) is 64.5 cm³/mol. The number of ether oxygens (including phenoxy) is 1. The number of carbonyl (C=O) groups is 1. The Balaban J connectivity index is 2.37. The van der Waals surface area contributed by atoms with Crippen LogP contribution in [0.4, 0.5) is 4.79 Å². The molecule has 1 spiro atoms. The monoisotopic (exact) mass is 241 g/mol. The van der Waals surface area contributed by atoms with Gasteiger partial charge in [-0.3, -0.25) is 4.90 Å². The van der Waals surface area contributed by atoms with Gasteiger partial charge in [0.2, 0.25) is 0 Å². The zero-order valence-electron chi connectivity index (χ0n) is 11.2. The van der Waals surface area contributed by atoms with Crippen molar-refractivity contribution in [2.45, 2.75) is 76.7 Å². The summed E-state index contributed by atoms with van der Waals surface area (Å²) in [6.07, 6.45) is 4.33. The van der Waals surface area contributed by atoms with Crippen molar-refractivity contribution in [3.8, 4) is 0 Å². The first-order chi connectivity index (χ1) is 7.71. The number of hydrogen-bond donors (Lipinski definition) is 1. The Morgan fingerprint density at radius 1 is 1.24 bits per heavy atom. The highest BCUT2D eigenvalue weighted by molar-refractivity contribution is 5.73. The van der Waals surface area contributed by atoms with Crippen LogP contribution in [0.2, 0.25) is 0 Å². The summed E-state index contributed by atoms with van der Waals surface area (Å²) >= 11 is 0. The van der Waals surface area contributed by atoms with Crippen LogP contribution in [0, 0.1) is 0 Å². The van der Waals surface area contributed by atoms with E-state index in [9.17, 15) is 9.90 Å². The van der Waals surface area contributed by atoms with Gasteiger partial charge in [-0.25, -0.2) is 4.79 Å². The van der Waals surface area contributed by atoms with Gasteiger partial charge in [-0.15, -0.1) is 0 Å². The number of aliphatic hydroxyl groups is 1. The van der Waals surface area contributed by atoms with E-state index in [0.717, 1.165) is 32.1 Å². The molecule has 1 heterocycles. The minimum absolute atomic E-state index is 0.385. The maximum absolute atomic E-state index is 12.1. The van der Waals surface area contributed by atoms with Gasteiger partial charge in [0.05, 0.1) is 0 Å². The van der Waals surface area contributed by atoms with E-state index in [1.54, 1.807) is 6.92 Å². The summed E-state index contributed by atoms with van der Waals surface area (Å²) in [4.78, 5) is 13.5. The Kier molecular flexibility index (Phi) is 2.69. The van der Waals surface area contributed by atoms with E-state index in [4.69, 9.17) is 4.74 Å². The van der Waals surface area contributed by atoms with Gasteiger partial charge in [0.15, 0.2) is 11.3 Å². The zero-order chi connectivity index (χ0) is 12.9. The van der Waals surface area contributed by atoms with E-state index in [2.05, 4.69) is 0 Å². The molecule has 1 aliphatic carbocycles. The van der Waals surface area contributed by atoms with Gasteiger partial charge in [-0.1, -0.05) is 6.42 Å². The van der Waals surface area contributed by atoms with E-state index >= 15 is 0 Å². The van der Waals surface area contributed by atoms with Gasteiger partial charge in [-0.05, 0) is 53.4 Å². The predicted octanol–water partition coefficient (Wildman–Crippen LogP) is 2.65. The van der Waals surface area contributed by atoms with Crippen molar-refractivity contribution in [3.63, 3.8) is 0 Å². The third-order valence-electron chi connectivity index (χ3n) is 4.10. The van der Waals surface area contributed by atoms with Crippen molar-refractivity contribution in [1.82, 2.24) is 4.90 Å². The normalized spacial score (nSPS) is 33.0. The number of nitrogens with zero attached hydrogens (tertiary/aromatic N) is 1. The molecule has 1 atom stereocenters. The second-order valence-electron chi connectivity index (χ2n) is 6.45. The van der Waals surface area contributed by atoms with Gasteiger partial charge >= 0.3 is 6.09 Å². The van der Waals surface area contributed by atoms with Crippen LogP contribution in [0.15, 0.2) is 0 Å². The highest BCUT2D eigenvalue weighted by atomic mass is 16.6. The molecule has 0 aromatic heterocycles. The van der Waals surface area contributed by atoms with Crippen LogP contribution in [0.5, 0.6) is 0 Å². The van der Waals surface area contributed by atoms with Crippen LogP contribution >= 0.6 is 0 Å². The van der Waals surface area contributed by atoms with Gasteiger partial charge < -0.3 is 9.84 Å². The first-order valence-corrected chi connectivity index (χ1v) is 6.46. The summed E-state index contributed by atoms with van der Waals surface area (Å²) < 4.78 is 5.58. The average molecular weight is 241 g/mol. The molecule has 17 heavy (non-hydrogen) atoms. The number of rotatable bonds is 0. The lowest BCUT2D eigenvalue weighted by Crippen LogP contribution is -2.61. The summed E-state index contributed by atoms with van der Waals surface area (Å²) in [5.41, 5.74) is -2.33. The molecule has 1 amide bonds. The highest BCUT2D eigenvalue weighted by Gasteiger charge is 2.64. The molecule has 1 saturated heterocycles. The number of carbonyl (C=O) groups excluding carboxylic acids is 1. The van der Waals surface area contributed by atoms with Crippen molar-refractivity contribution in [2.24, 2.45) is 0 Å². The third kappa shape index (κ3) is 1.73. The van der Waals surface area contributed by atoms with Crippen molar-refractivity contribution in [3.05, 3.63) is 0 Å². The van der Waals surface area contributed by atoms with Gasteiger partial charge in [0.1, 0.15) is 0 Å². The van der Waals surface area contributed by atoms with E-state index in [-0.39, 0.29) is 6.09 Å². The summed E-state index contributed by atoms with van der Waals surface area (Å²) in [5.74, 6) is 0. The van der Waals surface area contributed by atoms with Crippen LogP contribution in [-0.2, 0) is 4.74 Å². The zero-order valence-corrected chi connectivity index (χ0v) is 11.2. The topological polar surface area (TPSA) is 49.8 Å². The van der Waals surface area contributed by atoms with E-state index in [1.165, 1.54) is 4.90 Å². The average Bonchev–Trinajstić information content (AvgIpc) is 2.33. The van der Waals surface area contributed by atoms with Crippen LogP contribution in [0.3, 0.4) is 0 Å². The third-order valence-corrected chi connectivity index (χ3v) is 4.10. The number of amides is 1. The van der Waals surface area contributed by atoms with Crippen LogP contribution in [0.25, 0.3) is 0 Å². The first kappa shape index (κ1) is 12.7. The molecule has 0 unspecified atom stereocenters. The van der Waals surface area contributed by atoms with Crippen molar-refractivity contribution in [2.75, 3.05) is 0 Å². The molecule has 0 bridgehead atoms. The van der Waals surface area contributed by atoms with Crippen molar-refractivity contribution < 1.29 is 14.6 Å². The van der Waals surface area contributed by atoms with E-state index in [0.29, 0.717) is 0 Å². The molecule has 1 aliphatic heterocycles. The molecular formula is C13H23NO3. The lowest BCUT2D eigenvalue weighted by atomic mass is 9.77. The molecule has 1 N–H and O–H groups in total. The first-order valence-electron chi connectivity index (χ1n) is 6.46. The van der Waals surface area contributed by atoms with Crippen LogP contribution in [-0.4, -0.2) is 33.0 Å². The molecule has 1 saturated carbocycles. The molecule has 0 radical (unpaired) electrons. The fraction of sp³-hybridized carbons (Fsp3) is 0.923. The standard InChI is InChI=1S/C13H23NO3/c1-11(2,3)14-10(15)17-13(12(14,4)16)8-6-5-7-9-13/h16H,5-9H2,1-4H3/t12-/m1/s1. The van der Waals surface area contributed by atoms with Gasteiger partial charge in [0.25, 0.3) is 0 Å². The van der Waals surface area contributed by atoms with Crippen LogP contribution < -0.4 is 0 Å². The largest absolute Gasteiger partial charge is 0.438 e. The highest BCUT2D eigenvalue weighted by Crippen LogP contribution is 2.49. The molecular weight excluding hydrogens is 218 g/mol. The molecule has 0 aromatic carbocycles. The summed E-state index contributed by atoms with van der Waals surface area (Å²) in [5, 5.41) is 10.8. The van der Waals surface area contributed by atoms with Crippen molar-refractivity contribution >= 4 is 6.09 Å². The van der Waals surface area contributed by atoms with Gasteiger partial charge in [-0.2, -0.15) is 0 Å². The molecule has 0 aromatic rings. The maximum Gasteiger partial charge on any atom is 0.413 e. The molecule has 2 rings (SSSR count). The SMILES string of the molecule is CC(C)(C)N1C(=O)OC2(CCCCC2)[C@@]1(C)O. The number of hydrogen-bond acceptors (Lipinski definition) is 3. The Bertz CT molecular complexity index is 324. The lowest BCUT2D eigenvalue weighted by molar-refractivity contribution is -0.174. The molecule has 4 nitrogen and oxygen atoms in total. The van der Waals surface area contributed by atoms with E-state index in [1.807, 2.05) is 20.8 Å². The Labute approximate surface area is 103 Å².